The van der Waals surface area contributed by atoms with Crippen LogP contribution in [0.5, 0.6) is 5.75 Å². The second-order valence-corrected chi connectivity index (χ2v) is 6.48. The lowest BCUT2D eigenvalue weighted by Gasteiger charge is -2.54. The second kappa shape index (κ2) is 4.95. The Morgan fingerprint density at radius 1 is 1.50 bits per heavy atom. The van der Waals surface area contributed by atoms with E-state index >= 15 is 0 Å². The zero-order valence-corrected chi connectivity index (χ0v) is 12.4. The molecule has 1 heterocycles. The van der Waals surface area contributed by atoms with E-state index in [1.165, 1.54) is 6.07 Å². The third kappa shape index (κ3) is 2.12. The first-order valence-corrected chi connectivity index (χ1v) is 7.22. The van der Waals surface area contributed by atoms with Gasteiger partial charge in [0.25, 0.3) is 5.91 Å². The van der Waals surface area contributed by atoms with Gasteiger partial charge in [0.15, 0.2) is 5.75 Å². The first kappa shape index (κ1) is 14.8. The van der Waals surface area contributed by atoms with Crippen molar-refractivity contribution in [3.63, 3.8) is 0 Å². The van der Waals surface area contributed by atoms with Gasteiger partial charge in [0.05, 0.1) is 11.0 Å². The molecule has 3 atom stereocenters. The number of nitro groups is 1. The van der Waals surface area contributed by atoms with Gasteiger partial charge in [0.2, 0.25) is 0 Å². The third-order valence-electron chi connectivity index (χ3n) is 4.82. The van der Waals surface area contributed by atoms with Crippen LogP contribution in [0.1, 0.15) is 30.6 Å². The zero-order valence-electron chi connectivity index (χ0n) is 12.4. The summed E-state index contributed by atoms with van der Waals surface area (Å²) >= 11 is 0. The van der Waals surface area contributed by atoms with E-state index in [0.717, 1.165) is 18.6 Å². The molecule has 1 aromatic rings. The van der Waals surface area contributed by atoms with Crippen LogP contribution in [0.4, 0.5) is 5.69 Å². The molecule has 2 fully saturated rings. The predicted molar refractivity (Wildman–Crippen MR) is 77.6 cm³/mol. The highest BCUT2D eigenvalue weighted by Gasteiger charge is 2.59. The molecule has 2 aliphatic rings. The standard InChI is InChI=1S/C15H18N2O5/c1-15(2)12(9-5-6-22-13(9)15)16-14(19)8-3-4-10(17(20)21)11(18)7-8/h3-4,7,9,12-13,18H,5-6H2,1-2H3,(H,16,19)/t9-,12-,13-/m1/s1. The Morgan fingerprint density at radius 2 is 2.23 bits per heavy atom. The number of aromatic hydroxyl groups is 1. The molecule has 0 aromatic heterocycles. The Balaban J connectivity index is 1.75. The van der Waals surface area contributed by atoms with Crippen LogP contribution >= 0.6 is 0 Å². The number of hydrogen-bond acceptors (Lipinski definition) is 5. The molecule has 1 saturated carbocycles. The largest absolute Gasteiger partial charge is 0.502 e. The highest BCUT2D eigenvalue weighted by molar-refractivity contribution is 5.95. The number of rotatable bonds is 3. The number of carbonyl (C=O) groups is 1. The Hall–Kier alpha value is -2.15. The topological polar surface area (TPSA) is 102 Å². The summed E-state index contributed by atoms with van der Waals surface area (Å²) in [5.41, 5.74) is -0.342. The molecule has 2 N–H and O–H groups in total. The predicted octanol–water partition coefficient (Wildman–Crippen LogP) is 1.84. The molecule has 0 spiro atoms. The van der Waals surface area contributed by atoms with Crippen LogP contribution in [0.2, 0.25) is 0 Å². The molecule has 1 amide bonds. The Kier molecular flexibility index (Phi) is 3.32. The van der Waals surface area contributed by atoms with Crippen molar-refractivity contribution >= 4 is 11.6 Å². The highest BCUT2D eigenvalue weighted by Crippen LogP contribution is 2.52. The van der Waals surface area contributed by atoms with Gasteiger partial charge in [0, 0.05) is 35.6 Å². The minimum absolute atomic E-state index is 0.00448. The van der Waals surface area contributed by atoms with Gasteiger partial charge in [-0.25, -0.2) is 0 Å². The maximum absolute atomic E-state index is 12.3. The lowest BCUT2D eigenvalue weighted by Crippen LogP contribution is -2.66. The molecule has 7 nitrogen and oxygen atoms in total. The molecular formula is C15H18N2O5. The van der Waals surface area contributed by atoms with E-state index in [4.69, 9.17) is 4.74 Å². The van der Waals surface area contributed by atoms with Crippen LogP contribution in [0.25, 0.3) is 0 Å². The maximum Gasteiger partial charge on any atom is 0.310 e. The number of phenols is 1. The SMILES string of the molecule is CC1(C)[C@H](NC(=O)c2ccc([N+](=O)[O-])c(O)c2)[C@H]2CCO[C@H]21. The summed E-state index contributed by atoms with van der Waals surface area (Å²) in [6.07, 6.45) is 1.09. The fraction of sp³-hybridized carbons (Fsp3) is 0.533. The van der Waals surface area contributed by atoms with E-state index in [1.54, 1.807) is 0 Å². The van der Waals surface area contributed by atoms with Crippen molar-refractivity contribution in [3.05, 3.63) is 33.9 Å². The Morgan fingerprint density at radius 3 is 2.86 bits per heavy atom. The summed E-state index contributed by atoms with van der Waals surface area (Å²) in [4.78, 5) is 22.3. The van der Waals surface area contributed by atoms with Crippen LogP contribution in [-0.4, -0.2) is 34.7 Å². The smallest absolute Gasteiger partial charge is 0.310 e. The van der Waals surface area contributed by atoms with Crippen molar-refractivity contribution in [2.45, 2.75) is 32.4 Å². The maximum atomic E-state index is 12.3. The van der Waals surface area contributed by atoms with Crippen LogP contribution in [0.15, 0.2) is 18.2 Å². The molecule has 118 valence electrons. The van der Waals surface area contributed by atoms with Crippen molar-refractivity contribution in [1.82, 2.24) is 5.32 Å². The number of carbonyl (C=O) groups excluding carboxylic acids is 1. The fourth-order valence-electron chi connectivity index (χ4n) is 3.66. The molecule has 0 bridgehead atoms. The number of benzene rings is 1. The van der Waals surface area contributed by atoms with Crippen molar-refractivity contribution < 1.29 is 19.6 Å². The monoisotopic (exact) mass is 306 g/mol. The Labute approximate surface area is 127 Å². The number of nitrogens with one attached hydrogen (secondary N) is 1. The molecule has 1 aliphatic carbocycles. The van der Waals surface area contributed by atoms with Gasteiger partial charge in [-0.2, -0.15) is 0 Å². The summed E-state index contributed by atoms with van der Waals surface area (Å²) in [6.45, 7) is 4.82. The number of fused-ring (bicyclic) bond motifs is 1. The van der Waals surface area contributed by atoms with Crippen molar-refractivity contribution in [1.29, 1.82) is 0 Å². The molecule has 0 unspecified atom stereocenters. The van der Waals surface area contributed by atoms with Gasteiger partial charge >= 0.3 is 5.69 Å². The first-order chi connectivity index (χ1) is 10.3. The summed E-state index contributed by atoms with van der Waals surface area (Å²) in [5, 5.41) is 23.3. The number of amides is 1. The lowest BCUT2D eigenvalue weighted by atomic mass is 9.57. The lowest BCUT2D eigenvalue weighted by molar-refractivity contribution is -0.385. The number of hydrogen-bond donors (Lipinski definition) is 2. The number of phenolic OH excluding ortho intramolecular Hbond substituents is 1. The van der Waals surface area contributed by atoms with Gasteiger partial charge in [-0.1, -0.05) is 13.8 Å². The molecule has 1 aliphatic heterocycles. The second-order valence-electron chi connectivity index (χ2n) is 6.48. The summed E-state index contributed by atoms with van der Waals surface area (Å²) in [6, 6.07) is 3.62. The van der Waals surface area contributed by atoms with E-state index in [2.05, 4.69) is 19.2 Å². The number of ether oxygens (including phenoxy) is 1. The van der Waals surface area contributed by atoms with Gasteiger partial charge in [-0.15, -0.1) is 0 Å². The normalized spacial score (nSPS) is 28.5. The van der Waals surface area contributed by atoms with Crippen LogP contribution < -0.4 is 5.32 Å². The zero-order chi connectivity index (χ0) is 16.1. The van der Waals surface area contributed by atoms with Crippen LogP contribution in [0.3, 0.4) is 0 Å². The third-order valence-corrected chi connectivity index (χ3v) is 4.82. The van der Waals surface area contributed by atoms with E-state index < -0.39 is 16.4 Å². The molecule has 3 rings (SSSR count). The van der Waals surface area contributed by atoms with Gasteiger partial charge in [-0.3, -0.25) is 14.9 Å². The van der Waals surface area contributed by atoms with Crippen molar-refractivity contribution in [2.24, 2.45) is 11.3 Å². The molecule has 7 heteroatoms. The molecule has 22 heavy (non-hydrogen) atoms. The van der Waals surface area contributed by atoms with E-state index in [0.29, 0.717) is 12.5 Å². The van der Waals surface area contributed by atoms with Gasteiger partial charge < -0.3 is 15.2 Å². The van der Waals surface area contributed by atoms with Gasteiger partial charge in [-0.05, 0) is 18.6 Å². The minimum Gasteiger partial charge on any atom is -0.502 e. The van der Waals surface area contributed by atoms with Gasteiger partial charge in [0.1, 0.15) is 0 Å². The van der Waals surface area contributed by atoms with Crippen molar-refractivity contribution in [2.75, 3.05) is 6.61 Å². The first-order valence-electron chi connectivity index (χ1n) is 7.22. The number of nitro benzene ring substituents is 1. The molecule has 1 aromatic carbocycles. The molecule has 1 saturated heterocycles. The average Bonchev–Trinajstić information content (AvgIpc) is 2.90. The highest BCUT2D eigenvalue weighted by atomic mass is 16.6. The minimum atomic E-state index is -0.688. The van der Waals surface area contributed by atoms with Crippen molar-refractivity contribution in [3.8, 4) is 5.75 Å². The summed E-state index contributed by atoms with van der Waals surface area (Å²) in [5.74, 6) is -0.535. The average molecular weight is 306 g/mol. The molecule has 0 radical (unpaired) electrons. The Bertz CT molecular complexity index is 643. The van der Waals surface area contributed by atoms with Crippen LogP contribution in [0, 0.1) is 21.4 Å². The van der Waals surface area contributed by atoms with Crippen LogP contribution in [-0.2, 0) is 4.74 Å². The molecular weight excluding hydrogens is 288 g/mol. The number of nitrogens with zero attached hydrogens (tertiary/aromatic N) is 1. The quantitative estimate of drug-likeness (QED) is 0.655. The summed E-state index contributed by atoms with van der Waals surface area (Å²) in [7, 11) is 0. The fourth-order valence-corrected chi connectivity index (χ4v) is 3.66. The van der Waals surface area contributed by atoms with E-state index in [9.17, 15) is 20.0 Å². The van der Waals surface area contributed by atoms with E-state index in [1.807, 2.05) is 0 Å². The van der Waals surface area contributed by atoms with E-state index in [-0.39, 0.29) is 29.0 Å². The summed E-state index contributed by atoms with van der Waals surface area (Å²) < 4.78 is 5.68.